The first-order chi connectivity index (χ1) is 8.84. The van der Waals surface area contributed by atoms with Gasteiger partial charge in [-0.15, -0.1) is 0 Å². The molecule has 2 heterocycles. The summed E-state index contributed by atoms with van der Waals surface area (Å²) in [5, 5.41) is 3.45. The van der Waals surface area contributed by atoms with Crippen molar-refractivity contribution in [1.82, 2.24) is 15.1 Å². The van der Waals surface area contributed by atoms with Crippen LogP contribution < -0.4 is 5.32 Å². The van der Waals surface area contributed by atoms with Gasteiger partial charge >= 0.3 is 0 Å². The standard InChI is InChI=1S/C14H25N3O/c18-14-11-16-8-7-15-9-13(16)10-17(14)12-5-3-1-2-4-6-12/h12-13,15H,1-11H2. The molecule has 1 aliphatic carbocycles. The average molecular weight is 251 g/mol. The van der Waals surface area contributed by atoms with E-state index in [1.54, 1.807) is 0 Å². The largest absolute Gasteiger partial charge is 0.337 e. The van der Waals surface area contributed by atoms with Crippen molar-refractivity contribution in [3.05, 3.63) is 0 Å². The van der Waals surface area contributed by atoms with Gasteiger partial charge in [-0.05, 0) is 12.8 Å². The van der Waals surface area contributed by atoms with Crippen LogP contribution >= 0.6 is 0 Å². The Morgan fingerprint density at radius 2 is 1.83 bits per heavy atom. The number of amides is 1. The lowest BCUT2D eigenvalue weighted by atomic mass is 10.0. The zero-order chi connectivity index (χ0) is 12.4. The van der Waals surface area contributed by atoms with E-state index in [4.69, 9.17) is 0 Å². The maximum Gasteiger partial charge on any atom is 0.237 e. The molecule has 0 aromatic heterocycles. The van der Waals surface area contributed by atoms with Crippen molar-refractivity contribution >= 4 is 5.91 Å². The van der Waals surface area contributed by atoms with Crippen LogP contribution in [0.1, 0.15) is 38.5 Å². The highest BCUT2D eigenvalue weighted by Gasteiger charge is 2.36. The summed E-state index contributed by atoms with van der Waals surface area (Å²) in [5.41, 5.74) is 0. The van der Waals surface area contributed by atoms with E-state index in [9.17, 15) is 4.79 Å². The second-order valence-corrected chi connectivity index (χ2v) is 6.02. The molecule has 102 valence electrons. The number of nitrogens with zero attached hydrogens (tertiary/aromatic N) is 2. The van der Waals surface area contributed by atoms with Crippen LogP contribution in [0.4, 0.5) is 0 Å². The van der Waals surface area contributed by atoms with Gasteiger partial charge in [-0.3, -0.25) is 9.69 Å². The normalized spacial score (nSPS) is 32.1. The highest BCUT2D eigenvalue weighted by Crippen LogP contribution is 2.25. The van der Waals surface area contributed by atoms with Crippen molar-refractivity contribution in [1.29, 1.82) is 0 Å². The fraction of sp³-hybridized carbons (Fsp3) is 0.929. The molecule has 3 aliphatic rings. The topological polar surface area (TPSA) is 35.6 Å². The summed E-state index contributed by atoms with van der Waals surface area (Å²) in [7, 11) is 0. The maximum absolute atomic E-state index is 12.3. The van der Waals surface area contributed by atoms with Crippen LogP contribution in [0.25, 0.3) is 0 Å². The van der Waals surface area contributed by atoms with E-state index in [1.807, 2.05) is 0 Å². The van der Waals surface area contributed by atoms with Gasteiger partial charge in [0.25, 0.3) is 0 Å². The number of nitrogens with one attached hydrogen (secondary N) is 1. The summed E-state index contributed by atoms with van der Waals surface area (Å²) < 4.78 is 0. The van der Waals surface area contributed by atoms with Gasteiger partial charge in [0, 0.05) is 38.3 Å². The molecule has 1 atom stereocenters. The Morgan fingerprint density at radius 1 is 1.06 bits per heavy atom. The third kappa shape index (κ3) is 2.54. The second-order valence-electron chi connectivity index (χ2n) is 6.02. The second kappa shape index (κ2) is 5.57. The molecule has 4 heteroatoms. The van der Waals surface area contributed by atoms with Gasteiger partial charge in [-0.2, -0.15) is 0 Å². The predicted molar refractivity (Wildman–Crippen MR) is 71.4 cm³/mol. The molecule has 4 nitrogen and oxygen atoms in total. The van der Waals surface area contributed by atoms with Gasteiger partial charge in [0.05, 0.1) is 6.54 Å². The third-order valence-electron chi connectivity index (χ3n) is 4.80. The lowest BCUT2D eigenvalue weighted by Crippen LogP contribution is -2.64. The molecular formula is C14H25N3O. The minimum Gasteiger partial charge on any atom is -0.337 e. The third-order valence-corrected chi connectivity index (χ3v) is 4.80. The van der Waals surface area contributed by atoms with Crippen LogP contribution in [0, 0.1) is 0 Å². The van der Waals surface area contributed by atoms with E-state index in [2.05, 4.69) is 15.1 Å². The van der Waals surface area contributed by atoms with Crippen molar-refractivity contribution in [2.75, 3.05) is 32.7 Å². The molecule has 2 aliphatic heterocycles. The number of fused-ring (bicyclic) bond motifs is 1. The summed E-state index contributed by atoms with van der Waals surface area (Å²) in [5.74, 6) is 0.375. The summed E-state index contributed by atoms with van der Waals surface area (Å²) in [4.78, 5) is 16.9. The average Bonchev–Trinajstić information content (AvgIpc) is 2.66. The van der Waals surface area contributed by atoms with Crippen molar-refractivity contribution in [2.45, 2.75) is 50.6 Å². The number of hydrogen-bond acceptors (Lipinski definition) is 3. The number of rotatable bonds is 1. The van der Waals surface area contributed by atoms with E-state index in [1.165, 1.54) is 38.5 Å². The molecule has 0 radical (unpaired) electrons. The smallest absolute Gasteiger partial charge is 0.237 e. The number of piperazine rings is 2. The quantitative estimate of drug-likeness (QED) is 0.701. The molecule has 0 aromatic carbocycles. The Balaban J connectivity index is 1.65. The van der Waals surface area contributed by atoms with Crippen LogP contribution in [0.15, 0.2) is 0 Å². The Morgan fingerprint density at radius 3 is 2.61 bits per heavy atom. The zero-order valence-electron chi connectivity index (χ0n) is 11.2. The van der Waals surface area contributed by atoms with Crippen molar-refractivity contribution < 1.29 is 4.79 Å². The van der Waals surface area contributed by atoms with E-state index in [0.717, 1.165) is 26.2 Å². The number of carbonyl (C=O) groups is 1. The fourth-order valence-corrected chi connectivity index (χ4v) is 3.71. The number of hydrogen-bond donors (Lipinski definition) is 1. The highest BCUT2D eigenvalue weighted by molar-refractivity contribution is 5.79. The zero-order valence-corrected chi connectivity index (χ0v) is 11.2. The predicted octanol–water partition coefficient (Wildman–Crippen LogP) is 0.825. The molecule has 1 amide bonds. The fourth-order valence-electron chi connectivity index (χ4n) is 3.71. The van der Waals surface area contributed by atoms with Crippen LogP contribution in [0.3, 0.4) is 0 Å². The van der Waals surface area contributed by atoms with Crippen molar-refractivity contribution in [3.63, 3.8) is 0 Å². The first-order valence-corrected chi connectivity index (χ1v) is 7.59. The Hall–Kier alpha value is -0.610. The molecule has 3 rings (SSSR count). The number of carbonyl (C=O) groups excluding carboxylic acids is 1. The molecule has 0 bridgehead atoms. The van der Waals surface area contributed by atoms with Gasteiger partial charge in [0.2, 0.25) is 5.91 Å². The van der Waals surface area contributed by atoms with E-state index in [0.29, 0.717) is 24.5 Å². The molecule has 18 heavy (non-hydrogen) atoms. The van der Waals surface area contributed by atoms with Crippen LogP contribution in [0.2, 0.25) is 0 Å². The molecule has 0 spiro atoms. The van der Waals surface area contributed by atoms with Gasteiger partial charge in [0.15, 0.2) is 0 Å². The van der Waals surface area contributed by atoms with Gasteiger partial charge in [0.1, 0.15) is 0 Å². The molecule has 1 unspecified atom stereocenters. The summed E-state index contributed by atoms with van der Waals surface area (Å²) >= 11 is 0. The highest BCUT2D eigenvalue weighted by atomic mass is 16.2. The van der Waals surface area contributed by atoms with Crippen LogP contribution in [0.5, 0.6) is 0 Å². The SMILES string of the molecule is O=C1CN2CCNCC2CN1C1CCCCCC1. The van der Waals surface area contributed by atoms with Crippen molar-refractivity contribution in [3.8, 4) is 0 Å². The monoisotopic (exact) mass is 251 g/mol. The van der Waals surface area contributed by atoms with Crippen LogP contribution in [-0.2, 0) is 4.79 Å². The molecule has 3 fully saturated rings. The Kier molecular flexibility index (Phi) is 3.85. The van der Waals surface area contributed by atoms with Gasteiger partial charge in [-0.1, -0.05) is 25.7 Å². The molecule has 1 saturated carbocycles. The van der Waals surface area contributed by atoms with Gasteiger partial charge < -0.3 is 10.2 Å². The minimum absolute atomic E-state index is 0.375. The molecule has 0 aromatic rings. The van der Waals surface area contributed by atoms with Crippen LogP contribution in [-0.4, -0.2) is 60.5 Å². The first kappa shape index (κ1) is 12.4. The van der Waals surface area contributed by atoms with E-state index >= 15 is 0 Å². The summed E-state index contributed by atoms with van der Waals surface area (Å²) in [6.45, 7) is 4.73. The van der Waals surface area contributed by atoms with Crippen molar-refractivity contribution in [2.24, 2.45) is 0 Å². The lowest BCUT2D eigenvalue weighted by molar-refractivity contribution is -0.142. The van der Waals surface area contributed by atoms with E-state index < -0.39 is 0 Å². The summed E-state index contributed by atoms with van der Waals surface area (Å²) in [6.07, 6.45) is 7.78. The Labute approximate surface area is 110 Å². The minimum atomic E-state index is 0.375. The maximum atomic E-state index is 12.3. The molecule has 2 saturated heterocycles. The summed E-state index contributed by atoms with van der Waals surface area (Å²) in [6, 6.07) is 1.09. The first-order valence-electron chi connectivity index (χ1n) is 7.59. The molecular weight excluding hydrogens is 226 g/mol. The van der Waals surface area contributed by atoms with E-state index in [-0.39, 0.29) is 0 Å². The molecule has 1 N–H and O–H groups in total. The Bertz CT molecular complexity index is 299. The lowest BCUT2D eigenvalue weighted by Gasteiger charge is -2.46. The van der Waals surface area contributed by atoms with Gasteiger partial charge in [-0.25, -0.2) is 0 Å².